The second-order valence-corrected chi connectivity index (χ2v) is 7.34. The van der Waals surface area contributed by atoms with Gasteiger partial charge in [0.1, 0.15) is 17.2 Å². The maximum atomic E-state index is 14.5. The number of aromatic nitrogens is 2. The molecule has 2 aromatic heterocycles. The summed E-state index contributed by atoms with van der Waals surface area (Å²) in [4.78, 5) is 21.0. The summed E-state index contributed by atoms with van der Waals surface area (Å²) >= 11 is 0. The van der Waals surface area contributed by atoms with E-state index in [0.29, 0.717) is 11.0 Å². The summed E-state index contributed by atoms with van der Waals surface area (Å²) in [7, 11) is 0. The number of halogens is 4. The van der Waals surface area contributed by atoms with Crippen molar-refractivity contribution in [2.45, 2.75) is 24.8 Å². The molecule has 4 rings (SSSR count). The fourth-order valence-corrected chi connectivity index (χ4v) is 3.89. The van der Waals surface area contributed by atoms with Crippen molar-refractivity contribution in [3.05, 3.63) is 53.6 Å². The predicted octanol–water partition coefficient (Wildman–Crippen LogP) is 3.31. The van der Waals surface area contributed by atoms with Crippen molar-refractivity contribution in [3.8, 4) is 5.75 Å². The highest BCUT2D eigenvalue weighted by atomic mass is 19.4. The Bertz CT molecular complexity index is 1140. The number of pyridine rings is 1. The van der Waals surface area contributed by atoms with Crippen LogP contribution in [0.5, 0.6) is 5.75 Å². The molecule has 0 aliphatic carbocycles. The molecule has 1 fully saturated rings. The van der Waals surface area contributed by atoms with Crippen molar-refractivity contribution in [1.82, 2.24) is 14.9 Å². The number of rotatable bonds is 3. The summed E-state index contributed by atoms with van der Waals surface area (Å²) in [6.07, 6.45) is -2.11. The summed E-state index contributed by atoms with van der Waals surface area (Å²) in [5.41, 5.74) is 4.68. The van der Waals surface area contributed by atoms with Crippen molar-refractivity contribution in [2.75, 3.05) is 18.8 Å². The van der Waals surface area contributed by atoms with E-state index in [4.69, 9.17) is 5.73 Å². The van der Waals surface area contributed by atoms with Gasteiger partial charge in [-0.3, -0.25) is 4.79 Å². The van der Waals surface area contributed by atoms with Crippen molar-refractivity contribution in [1.29, 1.82) is 0 Å². The summed E-state index contributed by atoms with van der Waals surface area (Å²) in [6, 6.07) is 4.72. The monoisotopic (exact) mass is 438 g/mol. The number of aliphatic hydroxyl groups is 1. The molecule has 164 valence electrons. The lowest BCUT2D eigenvalue weighted by Crippen LogP contribution is -2.45. The fourth-order valence-electron chi connectivity index (χ4n) is 3.89. The Hall–Kier alpha value is -3.34. The number of fused-ring (bicyclic) bond motifs is 1. The van der Waals surface area contributed by atoms with Crippen LogP contribution < -0.4 is 10.5 Å². The molecule has 1 aliphatic rings. The molecule has 1 saturated heterocycles. The smallest absolute Gasteiger partial charge is 0.406 e. The van der Waals surface area contributed by atoms with Gasteiger partial charge in [-0.05, 0) is 31.0 Å². The number of aromatic amines is 1. The number of nitrogens with two attached hydrogens (primary N) is 1. The highest BCUT2D eigenvalue weighted by molar-refractivity contribution is 5.99. The Labute approximate surface area is 173 Å². The van der Waals surface area contributed by atoms with Gasteiger partial charge in [0.15, 0.2) is 0 Å². The second kappa shape index (κ2) is 7.41. The van der Waals surface area contributed by atoms with Crippen LogP contribution >= 0.6 is 0 Å². The standard InChI is InChI=1S/C20H18F4N4O3/c21-14-10-27-17-13(3-6-26-17)16(14)19(30)4-7-28(8-5-19)18(29)12-2-1-11(9-15(12)25)31-20(22,23)24/h1-3,6,9-10,30H,4-5,7-8,25H2,(H,26,27). The normalized spacial score (nSPS) is 16.5. The van der Waals surface area contributed by atoms with Gasteiger partial charge in [0.05, 0.1) is 17.4 Å². The number of hydrogen-bond acceptors (Lipinski definition) is 5. The second-order valence-electron chi connectivity index (χ2n) is 7.34. The molecular weight excluding hydrogens is 420 g/mol. The number of carbonyl (C=O) groups is 1. The third-order valence-corrected chi connectivity index (χ3v) is 5.37. The number of carbonyl (C=O) groups excluding carboxylic acids is 1. The number of nitrogens with zero attached hydrogens (tertiary/aromatic N) is 2. The zero-order valence-corrected chi connectivity index (χ0v) is 16.0. The van der Waals surface area contributed by atoms with Crippen LogP contribution in [-0.2, 0) is 5.60 Å². The first-order valence-corrected chi connectivity index (χ1v) is 9.36. The van der Waals surface area contributed by atoms with Gasteiger partial charge in [0.25, 0.3) is 5.91 Å². The van der Waals surface area contributed by atoms with E-state index in [1.165, 1.54) is 4.90 Å². The number of ether oxygens (including phenoxy) is 1. The number of nitrogens with one attached hydrogen (secondary N) is 1. The van der Waals surface area contributed by atoms with Crippen LogP contribution in [0.2, 0.25) is 0 Å². The van der Waals surface area contributed by atoms with Gasteiger partial charge in [0, 0.05) is 42.0 Å². The molecule has 7 nitrogen and oxygen atoms in total. The zero-order valence-electron chi connectivity index (χ0n) is 16.0. The van der Waals surface area contributed by atoms with Gasteiger partial charge in [0.2, 0.25) is 0 Å². The molecule has 0 saturated carbocycles. The Kier molecular flexibility index (Phi) is 5.00. The van der Waals surface area contributed by atoms with Crippen LogP contribution in [0.3, 0.4) is 0 Å². The van der Waals surface area contributed by atoms with Crippen molar-refractivity contribution < 1.29 is 32.2 Å². The van der Waals surface area contributed by atoms with Crippen LogP contribution in [0.15, 0.2) is 36.7 Å². The quantitative estimate of drug-likeness (QED) is 0.430. The maximum absolute atomic E-state index is 14.5. The zero-order chi connectivity index (χ0) is 22.4. The Morgan fingerprint density at radius 2 is 1.97 bits per heavy atom. The summed E-state index contributed by atoms with van der Waals surface area (Å²) in [5.74, 6) is -1.67. The molecule has 1 aromatic carbocycles. The summed E-state index contributed by atoms with van der Waals surface area (Å²) < 4.78 is 55.4. The molecule has 31 heavy (non-hydrogen) atoms. The molecular formula is C20H18F4N4O3. The number of nitrogen functional groups attached to an aromatic ring is 1. The van der Waals surface area contributed by atoms with Gasteiger partial charge in [-0.2, -0.15) is 0 Å². The molecule has 1 amide bonds. The van der Waals surface area contributed by atoms with E-state index in [1.54, 1.807) is 12.3 Å². The number of benzene rings is 1. The van der Waals surface area contributed by atoms with E-state index in [-0.39, 0.29) is 42.7 Å². The van der Waals surface area contributed by atoms with E-state index in [9.17, 15) is 27.5 Å². The van der Waals surface area contributed by atoms with Crippen LogP contribution in [0.1, 0.15) is 28.8 Å². The number of likely N-dealkylation sites (tertiary alicyclic amines) is 1. The van der Waals surface area contributed by atoms with Gasteiger partial charge in [-0.15, -0.1) is 13.2 Å². The first-order chi connectivity index (χ1) is 14.6. The minimum Gasteiger partial charge on any atom is -0.406 e. The van der Waals surface area contributed by atoms with Gasteiger partial charge >= 0.3 is 6.36 Å². The molecule has 4 N–H and O–H groups in total. The molecule has 1 aliphatic heterocycles. The SMILES string of the molecule is Nc1cc(OC(F)(F)F)ccc1C(=O)N1CCC(O)(c2c(F)cnc3[nH]ccc23)CC1. The number of amides is 1. The van der Waals surface area contributed by atoms with E-state index in [1.807, 2.05) is 0 Å². The Morgan fingerprint density at radius 1 is 1.26 bits per heavy atom. The molecule has 3 aromatic rings. The number of anilines is 1. The van der Waals surface area contributed by atoms with E-state index in [2.05, 4.69) is 14.7 Å². The van der Waals surface area contributed by atoms with E-state index >= 15 is 0 Å². The average Bonchev–Trinajstić information content (AvgIpc) is 3.15. The van der Waals surface area contributed by atoms with E-state index in [0.717, 1.165) is 24.4 Å². The Balaban J connectivity index is 1.51. The topological polar surface area (TPSA) is 104 Å². The third kappa shape index (κ3) is 4.00. The van der Waals surface area contributed by atoms with Crippen molar-refractivity contribution >= 4 is 22.6 Å². The van der Waals surface area contributed by atoms with Crippen molar-refractivity contribution in [2.24, 2.45) is 0 Å². The fraction of sp³-hybridized carbons (Fsp3) is 0.300. The molecule has 0 bridgehead atoms. The molecule has 0 radical (unpaired) electrons. The van der Waals surface area contributed by atoms with Gasteiger partial charge in [-0.1, -0.05) is 0 Å². The minimum atomic E-state index is -4.87. The number of piperidine rings is 1. The number of alkyl halides is 3. The third-order valence-electron chi connectivity index (χ3n) is 5.37. The summed E-state index contributed by atoms with van der Waals surface area (Å²) in [6.45, 7) is 0.201. The first kappa shape index (κ1) is 20.9. The molecule has 0 atom stereocenters. The highest BCUT2D eigenvalue weighted by Gasteiger charge is 2.39. The lowest BCUT2D eigenvalue weighted by Gasteiger charge is -2.39. The van der Waals surface area contributed by atoms with Crippen LogP contribution in [0.4, 0.5) is 23.2 Å². The lowest BCUT2D eigenvalue weighted by molar-refractivity contribution is -0.274. The van der Waals surface area contributed by atoms with Crippen LogP contribution in [0.25, 0.3) is 11.0 Å². The predicted molar refractivity (Wildman–Crippen MR) is 103 cm³/mol. The number of hydrogen-bond donors (Lipinski definition) is 3. The molecule has 0 spiro atoms. The molecule has 11 heteroatoms. The Morgan fingerprint density at radius 3 is 2.61 bits per heavy atom. The lowest BCUT2D eigenvalue weighted by atomic mass is 9.83. The maximum Gasteiger partial charge on any atom is 0.573 e. The largest absolute Gasteiger partial charge is 0.573 e. The first-order valence-electron chi connectivity index (χ1n) is 9.36. The minimum absolute atomic E-state index is 0.0167. The molecule has 0 unspecified atom stereocenters. The molecule has 3 heterocycles. The van der Waals surface area contributed by atoms with Gasteiger partial charge < -0.3 is 25.5 Å². The van der Waals surface area contributed by atoms with Gasteiger partial charge in [-0.25, -0.2) is 9.37 Å². The number of H-pyrrole nitrogens is 1. The van der Waals surface area contributed by atoms with Crippen LogP contribution in [0, 0.1) is 5.82 Å². The highest BCUT2D eigenvalue weighted by Crippen LogP contribution is 2.38. The average molecular weight is 438 g/mol. The van der Waals surface area contributed by atoms with Crippen molar-refractivity contribution in [3.63, 3.8) is 0 Å². The van der Waals surface area contributed by atoms with E-state index < -0.39 is 29.4 Å². The van der Waals surface area contributed by atoms with Crippen LogP contribution in [-0.4, -0.2) is 45.3 Å². The summed E-state index contributed by atoms with van der Waals surface area (Å²) in [5, 5.41) is 11.6.